The number of nitrogens with zero attached hydrogens (tertiary/aromatic N) is 1. The summed E-state index contributed by atoms with van der Waals surface area (Å²) >= 11 is 5.72. The molecule has 0 aliphatic carbocycles. The van der Waals surface area contributed by atoms with E-state index in [2.05, 4.69) is 15.8 Å². The first kappa shape index (κ1) is 12.7. The molecule has 2 rings (SSSR count). The standard InChI is InChI=1S/C12H6ClF3NO/c13-9-7-8(10-3-1-2-6-17-10)4-5-11(9)18-12(14,15)16/h1-2,4-7H. The lowest BCUT2D eigenvalue weighted by molar-refractivity contribution is -0.274. The predicted molar refractivity (Wildman–Crippen MR) is 60.2 cm³/mol. The zero-order valence-corrected chi connectivity index (χ0v) is 9.59. The van der Waals surface area contributed by atoms with E-state index in [0.29, 0.717) is 11.3 Å². The molecule has 1 aromatic carbocycles. The number of aromatic nitrogens is 1. The maximum atomic E-state index is 12.0. The fourth-order valence-corrected chi connectivity index (χ4v) is 1.56. The van der Waals surface area contributed by atoms with Crippen molar-refractivity contribution in [2.75, 3.05) is 0 Å². The van der Waals surface area contributed by atoms with Crippen LogP contribution in [0.15, 0.2) is 36.5 Å². The Kier molecular flexibility index (Phi) is 3.43. The molecule has 0 atom stereocenters. The molecule has 0 N–H and O–H groups in total. The molecule has 0 saturated carbocycles. The fourth-order valence-electron chi connectivity index (χ4n) is 1.34. The van der Waals surface area contributed by atoms with Crippen LogP contribution in [0, 0.1) is 6.07 Å². The third-order valence-electron chi connectivity index (χ3n) is 2.04. The summed E-state index contributed by atoms with van der Waals surface area (Å²) in [6.07, 6.45) is -3.21. The molecule has 0 fully saturated rings. The van der Waals surface area contributed by atoms with Gasteiger partial charge in [-0.3, -0.25) is 4.98 Å². The van der Waals surface area contributed by atoms with E-state index >= 15 is 0 Å². The van der Waals surface area contributed by atoms with Gasteiger partial charge in [-0.15, -0.1) is 13.2 Å². The second kappa shape index (κ2) is 4.86. The Hall–Kier alpha value is -1.75. The maximum Gasteiger partial charge on any atom is 0.573 e. The third kappa shape index (κ3) is 3.13. The van der Waals surface area contributed by atoms with Crippen molar-refractivity contribution in [2.24, 2.45) is 0 Å². The van der Waals surface area contributed by atoms with Crippen LogP contribution in [0.25, 0.3) is 11.3 Å². The summed E-state index contributed by atoms with van der Waals surface area (Å²) in [5, 5.41) is -0.135. The molecule has 18 heavy (non-hydrogen) atoms. The van der Waals surface area contributed by atoms with Crippen molar-refractivity contribution in [2.45, 2.75) is 6.36 Å². The van der Waals surface area contributed by atoms with E-state index in [9.17, 15) is 13.2 Å². The summed E-state index contributed by atoms with van der Waals surface area (Å²) in [4.78, 5) is 4.02. The van der Waals surface area contributed by atoms with Crippen molar-refractivity contribution in [3.05, 3.63) is 47.6 Å². The molecule has 0 bridgehead atoms. The van der Waals surface area contributed by atoms with Gasteiger partial charge in [-0.05, 0) is 24.3 Å². The molecule has 0 aliphatic rings. The highest BCUT2D eigenvalue weighted by atomic mass is 35.5. The van der Waals surface area contributed by atoms with E-state index in [1.165, 1.54) is 12.1 Å². The molecule has 2 aromatic rings. The van der Waals surface area contributed by atoms with Crippen LogP contribution < -0.4 is 4.74 Å². The minimum Gasteiger partial charge on any atom is -0.404 e. The Morgan fingerprint density at radius 2 is 2.06 bits per heavy atom. The lowest BCUT2D eigenvalue weighted by atomic mass is 10.1. The summed E-state index contributed by atoms with van der Waals surface area (Å²) in [6, 6.07) is 10.1. The van der Waals surface area contributed by atoms with Crippen molar-refractivity contribution in [3.8, 4) is 17.0 Å². The van der Waals surface area contributed by atoms with Crippen LogP contribution in [0.2, 0.25) is 5.02 Å². The Balaban J connectivity index is 2.31. The van der Waals surface area contributed by atoms with Crippen LogP contribution in [-0.4, -0.2) is 11.3 Å². The molecule has 2 nitrogen and oxygen atoms in total. The zero-order valence-electron chi connectivity index (χ0n) is 8.83. The highest BCUT2D eigenvalue weighted by Gasteiger charge is 2.32. The quantitative estimate of drug-likeness (QED) is 0.821. The number of ether oxygens (including phenoxy) is 1. The topological polar surface area (TPSA) is 22.1 Å². The Morgan fingerprint density at radius 1 is 1.28 bits per heavy atom. The second-order valence-corrected chi connectivity index (χ2v) is 3.73. The minimum atomic E-state index is -4.76. The molecule has 0 amide bonds. The van der Waals surface area contributed by atoms with Gasteiger partial charge in [0.1, 0.15) is 5.75 Å². The lowest BCUT2D eigenvalue weighted by Crippen LogP contribution is -2.17. The molecule has 0 saturated heterocycles. The molecule has 1 radical (unpaired) electrons. The van der Waals surface area contributed by atoms with Crippen LogP contribution in [0.5, 0.6) is 5.75 Å². The summed E-state index contributed by atoms with van der Waals surface area (Å²) < 4.78 is 39.9. The van der Waals surface area contributed by atoms with Gasteiger partial charge in [0.25, 0.3) is 0 Å². The van der Waals surface area contributed by atoms with Gasteiger partial charge in [0, 0.05) is 17.8 Å². The van der Waals surface area contributed by atoms with Gasteiger partial charge < -0.3 is 4.74 Å². The molecular formula is C12H6ClF3NO. The van der Waals surface area contributed by atoms with Gasteiger partial charge in [0.2, 0.25) is 0 Å². The minimum absolute atomic E-state index is 0.135. The number of rotatable bonds is 2. The van der Waals surface area contributed by atoms with Crippen LogP contribution in [0.3, 0.4) is 0 Å². The van der Waals surface area contributed by atoms with Crippen LogP contribution >= 0.6 is 11.6 Å². The molecule has 0 unspecified atom stereocenters. The molecular weight excluding hydrogens is 267 g/mol. The summed E-state index contributed by atoms with van der Waals surface area (Å²) in [6.45, 7) is 0. The van der Waals surface area contributed by atoms with E-state index in [1.54, 1.807) is 18.3 Å². The summed E-state index contributed by atoms with van der Waals surface area (Å²) in [7, 11) is 0. The first-order valence-electron chi connectivity index (χ1n) is 4.84. The third-order valence-corrected chi connectivity index (χ3v) is 2.33. The monoisotopic (exact) mass is 272 g/mol. The van der Waals surface area contributed by atoms with Gasteiger partial charge >= 0.3 is 6.36 Å². The van der Waals surface area contributed by atoms with Crippen molar-refractivity contribution in [1.29, 1.82) is 0 Å². The molecule has 0 spiro atoms. The predicted octanol–water partition coefficient (Wildman–Crippen LogP) is 4.10. The van der Waals surface area contributed by atoms with Crippen LogP contribution in [0.1, 0.15) is 0 Å². The molecule has 6 heteroatoms. The molecule has 1 aromatic heterocycles. The number of benzene rings is 1. The van der Waals surface area contributed by atoms with Gasteiger partial charge in [-0.25, -0.2) is 0 Å². The van der Waals surface area contributed by atoms with Crippen LogP contribution in [0.4, 0.5) is 13.2 Å². The Morgan fingerprint density at radius 3 is 2.61 bits per heavy atom. The number of alkyl halides is 3. The van der Waals surface area contributed by atoms with Crippen molar-refractivity contribution < 1.29 is 17.9 Å². The van der Waals surface area contributed by atoms with E-state index in [4.69, 9.17) is 11.6 Å². The SMILES string of the molecule is FC(F)(F)Oc1ccc(-c2[c]cccn2)cc1Cl. The molecule has 0 aliphatic heterocycles. The Labute approximate surface area is 106 Å². The van der Waals surface area contributed by atoms with Gasteiger partial charge in [-0.1, -0.05) is 17.7 Å². The average Bonchev–Trinajstić information content (AvgIpc) is 2.31. The van der Waals surface area contributed by atoms with Crippen LogP contribution in [-0.2, 0) is 0 Å². The van der Waals surface area contributed by atoms with Gasteiger partial charge in [-0.2, -0.15) is 0 Å². The first-order chi connectivity index (χ1) is 8.46. The maximum absolute atomic E-state index is 12.0. The van der Waals surface area contributed by atoms with Gasteiger partial charge in [0.15, 0.2) is 0 Å². The zero-order chi connectivity index (χ0) is 13.2. The second-order valence-electron chi connectivity index (χ2n) is 3.32. The fraction of sp³-hybridized carbons (Fsp3) is 0.0833. The molecule has 93 valence electrons. The normalized spacial score (nSPS) is 11.3. The van der Waals surface area contributed by atoms with Crippen molar-refractivity contribution in [1.82, 2.24) is 4.98 Å². The van der Waals surface area contributed by atoms with E-state index in [0.717, 1.165) is 6.07 Å². The lowest BCUT2D eigenvalue weighted by Gasteiger charge is -2.11. The van der Waals surface area contributed by atoms with Crippen molar-refractivity contribution >= 4 is 11.6 Å². The van der Waals surface area contributed by atoms with Gasteiger partial charge in [0.05, 0.1) is 10.7 Å². The largest absolute Gasteiger partial charge is 0.573 e. The summed E-state index contributed by atoms with van der Waals surface area (Å²) in [5.74, 6) is -0.441. The summed E-state index contributed by atoms with van der Waals surface area (Å²) in [5.41, 5.74) is 1.06. The number of hydrogen-bond donors (Lipinski definition) is 0. The number of hydrogen-bond acceptors (Lipinski definition) is 2. The van der Waals surface area contributed by atoms with Crippen molar-refractivity contribution in [3.63, 3.8) is 0 Å². The van der Waals surface area contributed by atoms with E-state index in [1.807, 2.05) is 0 Å². The number of pyridine rings is 1. The van der Waals surface area contributed by atoms with E-state index in [-0.39, 0.29) is 5.02 Å². The average molecular weight is 273 g/mol. The molecule has 1 heterocycles. The highest BCUT2D eigenvalue weighted by Crippen LogP contribution is 2.32. The highest BCUT2D eigenvalue weighted by molar-refractivity contribution is 6.32. The number of halogens is 4. The van der Waals surface area contributed by atoms with E-state index < -0.39 is 12.1 Å². The first-order valence-corrected chi connectivity index (χ1v) is 5.22. The smallest absolute Gasteiger partial charge is 0.404 e. The Bertz CT molecular complexity index is 543.